The largest absolute Gasteiger partial charge is 0.467 e. The van der Waals surface area contributed by atoms with E-state index in [1.165, 1.54) is 25.2 Å². The third-order valence-electron chi connectivity index (χ3n) is 21.1. The third kappa shape index (κ3) is 41.8. The van der Waals surface area contributed by atoms with Crippen molar-refractivity contribution in [3.8, 4) is 47.4 Å². The molecule has 2 aliphatic carbocycles. The van der Waals surface area contributed by atoms with Crippen LogP contribution in [0.1, 0.15) is 149 Å². The summed E-state index contributed by atoms with van der Waals surface area (Å²) in [5, 5.41) is 51.2. The van der Waals surface area contributed by atoms with Crippen molar-refractivity contribution in [2.24, 2.45) is 0 Å². The summed E-state index contributed by atoms with van der Waals surface area (Å²) < 4.78 is 9.55. The number of amides is 10. The molecule has 16 N–H and O–H groups in total. The molecule has 2 aliphatic rings. The lowest BCUT2D eigenvalue weighted by molar-refractivity contribution is -0.143. The van der Waals surface area contributed by atoms with Gasteiger partial charge < -0.3 is 73.3 Å². The van der Waals surface area contributed by atoms with Gasteiger partial charge in [0.15, 0.2) is 0 Å². The van der Waals surface area contributed by atoms with Gasteiger partial charge in [-0.2, -0.15) is 0 Å². The van der Waals surface area contributed by atoms with Crippen LogP contribution in [-0.2, 0) is 47.8 Å². The summed E-state index contributed by atoms with van der Waals surface area (Å²) in [5.41, 5.74) is 13.6. The molecule has 0 saturated heterocycles. The maximum absolute atomic E-state index is 12.7. The zero-order chi connectivity index (χ0) is 101. The van der Waals surface area contributed by atoms with Crippen LogP contribution in [-0.4, -0.2) is 184 Å². The van der Waals surface area contributed by atoms with Crippen molar-refractivity contribution in [2.75, 3.05) is 66.6 Å². The number of hydrogen-bond donors (Lipinski definition) is 16. The van der Waals surface area contributed by atoms with E-state index in [2.05, 4.69) is 111 Å². The van der Waals surface area contributed by atoms with Gasteiger partial charge in [-0.25, -0.2) is 20.5 Å². The monoisotopic (exact) mass is 1910 g/mol. The predicted molar refractivity (Wildman–Crippen MR) is 544 cm³/mol. The first-order valence-corrected chi connectivity index (χ1v) is 45.7. The van der Waals surface area contributed by atoms with Crippen LogP contribution in [0.4, 0.5) is 0 Å². The molecule has 10 aromatic rings. The van der Waals surface area contributed by atoms with E-state index in [0.29, 0.717) is 39.9 Å². The molecule has 0 radical (unpaired) electrons. The summed E-state index contributed by atoms with van der Waals surface area (Å²) in [5.74, 6) is 17.7. The van der Waals surface area contributed by atoms with Gasteiger partial charge in [0.25, 0.3) is 35.4 Å². The maximum atomic E-state index is 12.7. The number of carbonyl (C=O) groups is 12. The Balaban J connectivity index is 0.000000212. The minimum atomic E-state index is -1.18. The number of carbonyl (C=O) groups excluding carboxylic acids is 12. The molecule has 0 heterocycles. The molecular weight excluding hydrogens is 1800 g/mol. The Morgan fingerprint density at radius 1 is 0.310 bits per heavy atom. The van der Waals surface area contributed by atoms with Crippen molar-refractivity contribution in [2.45, 2.75) is 87.9 Å². The van der Waals surface area contributed by atoms with E-state index in [-0.39, 0.29) is 88.1 Å². The van der Waals surface area contributed by atoms with E-state index < -0.39 is 71.5 Å². The van der Waals surface area contributed by atoms with Crippen molar-refractivity contribution >= 4 is 95.3 Å². The Bertz CT molecular complexity index is 5820. The normalized spacial score (nSPS) is 12.7. The number of nitrogens with one attached hydrogen (secondary N) is 14. The van der Waals surface area contributed by atoms with Gasteiger partial charge in [-0.05, 0) is 219 Å². The number of methoxy groups -OCH3 is 2. The SMILES string of the molecule is COC(=O)[C@H](CNC(=O)CNC1CC1)NC(=O)c1ccc(C#C/C=C/c2ccccc2)cc1.COC(=O)[C@H](CNC(=O)CN[C@@H](C)c1ccccc1)NC(=O)c1ccc(C#C/C=C/c2ccccc2)cc1.C[C@H](NCC(=O)NC[C@H](NC(=O)c1ccc(C#C/C=C/c2ccccc2)cc1)C(=O)NO)c1ccccc1.O=C(CNC1CC1)NC[C@H](NC(=O)c1ccc(C#C/C=C/c2ccccc2)cc1)C(=O)NO. The number of rotatable bonds is 38. The first-order valence-electron chi connectivity index (χ1n) is 45.7. The minimum absolute atomic E-state index is 0.0144. The highest BCUT2D eigenvalue weighted by Crippen LogP contribution is 2.20. The summed E-state index contributed by atoms with van der Waals surface area (Å²) >= 11 is 0. The Hall–Kier alpha value is -17.2. The Labute approximate surface area is 826 Å². The first-order chi connectivity index (χ1) is 69.0. The van der Waals surface area contributed by atoms with Crippen molar-refractivity contribution in [3.05, 3.63) is 381 Å². The van der Waals surface area contributed by atoms with Gasteiger partial charge in [-0.3, -0.25) is 58.4 Å². The van der Waals surface area contributed by atoms with Crippen LogP contribution in [0.25, 0.3) is 24.3 Å². The number of hydroxylamine groups is 2. The van der Waals surface area contributed by atoms with E-state index in [9.17, 15) is 57.5 Å². The highest BCUT2D eigenvalue weighted by atomic mass is 16.5. The molecule has 12 rings (SSSR count). The molecule has 6 atom stereocenters. The summed E-state index contributed by atoms with van der Waals surface area (Å²) in [7, 11) is 2.46. The van der Waals surface area contributed by atoms with Gasteiger partial charge in [-0.1, -0.05) is 229 Å². The topological polar surface area (TPSA) is 432 Å². The van der Waals surface area contributed by atoms with Crippen molar-refractivity contribution in [1.82, 2.24) is 74.8 Å². The fourth-order valence-electron chi connectivity index (χ4n) is 12.7. The summed E-state index contributed by atoms with van der Waals surface area (Å²) in [6.45, 7) is 3.76. The first kappa shape index (κ1) is 108. The number of esters is 2. The van der Waals surface area contributed by atoms with Crippen molar-refractivity contribution in [3.63, 3.8) is 0 Å². The van der Waals surface area contributed by atoms with Gasteiger partial charge in [0.2, 0.25) is 23.6 Å². The lowest BCUT2D eigenvalue weighted by Gasteiger charge is -2.18. The molecule has 10 amide bonds. The molecular formula is C112H114N14O16. The zero-order valence-electron chi connectivity index (χ0n) is 78.9. The number of hydrogen-bond acceptors (Lipinski definition) is 20. The second kappa shape index (κ2) is 61.1. The van der Waals surface area contributed by atoms with E-state index in [0.717, 1.165) is 75.8 Å². The molecule has 728 valence electrons. The molecule has 30 nitrogen and oxygen atoms in total. The van der Waals surface area contributed by atoms with Crippen LogP contribution in [0.15, 0.2) is 303 Å². The van der Waals surface area contributed by atoms with Crippen LogP contribution < -0.4 is 74.8 Å². The molecule has 0 bridgehead atoms. The number of benzene rings is 10. The van der Waals surface area contributed by atoms with Crippen LogP contribution in [0.3, 0.4) is 0 Å². The lowest BCUT2D eigenvalue weighted by atomic mass is 10.1. The highest BCUT2D eigenvalue weighted by molar-refractivity contribution is 6.00. The van der Waals surface area contributed by atoms with Gasteiger partial charge in [-0.15, -0.1) is 0 Å². The second-order valence-corrected chi connectivity index (χ2v) is 32.0. The zero-order valence-corrected chi connectivity index (χ0v) is 78.9. The second-order valence-electron chi connectivity index (χ2n) is 32.0. The lowest BCUT2D eigenvalue weighted by Crippen LogP contribution is -2.52. The maximum Gasteiger partial charge on any atom is 0.330 e. The minimum Gasteiger partial charge on any atom is -0.467 e. The summed E-state index contributed by atoms with van der Waals surface area (Å²) in [6.07, 6.45) is 18.9. The van der Waals surface area contributed by atoms with Gasteiger partial charge >= 0.3 is 11.9 Å². The average Bonchev–Trinajstić information content (AvgIpc) is 1.65. The standard InChI is InChI=1S/C31H31N3O4.C30H30N4O4.C26H27N3O4.C25H26N4O4/c1-23(26-15-7-4-8-16-26)32-22-29(35)33-21-28(31(37)38-2)34-30(36)27-19-17-25(18-20-27)14-10-9-13-24-11-5-3-6-12-24;1-22(25-14-6-3-7-15-25)31-21-28(35)32-20-27(30(37)34-38)33-29(36)26-18-16-24(17-19-26)13-9-8-12-23-10-4-2-5-11-23;1-33-26(32)23(17-28-24(30)18-27-22-15-16-22)29-25(31)21-13-11-20(12-14-21)10-6-5-9-19-7-3-2-4-8-19;30-23(17-26-21-14-15-21)27-16-22(25(32)29-33)28-24(31)20-12-10-19(11-13-20)9-5-4-8-18-6-2-1-3-7-18/h3-9,11-13,15-20,23,28,32H,21-22H2,1-2H3,(H,33,35)(H,34,36);2-8,10-12,14-19,22,27,31,38H,20-21H2,1H3,(H,32,35)(H,33,36)(H,34,37);2-5,7-9,11-14,22-23,27H,15-18H2,1H3,(H,28,30)(H,29,31);1-4,6-8,10-13,21-22,26,33H,14-17H2,(H,27,30)(H,28,31)(H,29,32)/b13-9+;12-8+;9-5+;8-4+/t23-,28-;22-,27-;23-;22-/m0000/s1. The quantitative estimate of drug-likeness (QED) is 0.00741. The van der Waals surface area contributed by atoms with E-state index in [4.69, 9.17) is 19.9 Å². The molecule has 142 heavy (non-hydrogen) atoms. The molecule has 0 aliphatic heterocycles. The smallest absolute Gasteiger partial charge is 0.330 e. The number of ether oxygens (including phenoxy) is 2. The molecule has 0 aromatic heterocycles. The van der Waals surface area contributed by atoms with Crippen molar-refractivity contribution in [1.29, 1.82) is 0 Å². The predicted octanol–water partition coefficient (Wildman–Crippen LogP) is 9.43. The summed E-state index contributed by atoms with van der Waals surface area (Å²) in [4.78, 5) is 147. The van der Waals surface area contributed by atoms with E-state index in [1.54, 1.807) is 121 Å². The molecule has 10 aromatic carbocycles. The molecule has 30 heteroatoms. The highest BCUT2D eigenvalue weighted by Gasteiger charge is 2.29. The Morgan fingerprint density at radius 2 is 0.535 bits per heavy atom. The third-order valence-corrected chi connectivity index (χ3v) is 21.1. The molecule has 2 saturated carbocycles. The summed E-state index contributed by atoms with van der Waals surface area (Å²) in [6, 6.07) is 81.7. The molecule has 0 spiro atoms. The Morgan fingerprint density at radius 3 is 0.768 bits per heavy atom. The van der Waals surface area contributed by atoms with E-state index in [1.807, 2.05) is 220 Å². The van der Waals surface area contributed by atoms with Crippen LogP contribution in [0.5, 0.6) is 0 Å². The number of allylic oxidation sites excluding steroid dienone is 4. The van der Waals surface area contributed by atoms with Crippen LogP contribution in [0, 0.1) is 47.4 Å². The van der Waals surface area contributed by atoms with E-state index >= 15 is 0 Å². The molecule has 0 unspecified atom stereocenters. The fourth-order valence-corrected chi connectivity index (χ4v) is 12.7. The molecule has 2 fully saturated rings. The van der Waals surface area contributed by atoms with Gasteiger partial charge in [0, 0.05) is 94.9 Å². The van der Waals surface area contributed by atoms with Crippen molar-refractivity contribution < 1.29 is 77.4 Å². The fraction of sp³-hybridized carbons (Fsp3) is 0.214. The van der Waals surface area contributed by atoms with Crippen LogP contribution >= 0.6 is 0 Å². The Kier molecular flexibility index (Phi) is 46.7. The average molecular weight is 1910 g/mol. The van der Waals surface area contributed by atoms with Gasteiger partial charge in [0.1, 0.15) is 24.2 Å². The van der Waals surface area contributed by atoms with Crippen LogP contribution in [0.2, 0.25) is 0 Å². The van der Waals surface area contributed by atoms with Gasteiger partial charge in [0.05, 0.1) is 40.4 Å².